The molecule has 0 heterocycles. The van der Waals surface area contributed by atoms with Crippen LogP contribution < -0.4 is 0 Å². The third kappa shape index (κ3) is 3.96. The summed E-state index contributed by atoms with van der Waals surface area (Å²) in [5, 5.41) is 8.92. The molecule has 1 fully saturated rings. The first kappa shape index (κ1) is 14.8. The molecule has 1 aliphatic rings. The van der Waals surface area contributed by atoms with Crippen molar-refractivity contribution < 1.29 is 9.90 Å². The summed E-state index contributed by atoms with van der Waals surface area (Å²) < 4.78 is 0. The number of hydrogen-bond acceptors (Lipinski definition) is 1. The Hall–Kier alpha value is -1.57. The highest BCUT2D eigenvalue weighted by Gasteiger charge is 2.20. The minimum atomic E-state index is -0.846. The van der Waals surface area contributed by atoms with Crippen molar-refractivity contribution in [3.05, 3.63) is 47.5 Å². The largest absolute Gasteiger partial charge is 0.478 e. The highest BCUT2D eigenvalue weighted by molar-refractivity contribution is 5.87. The smallest absolute Gasteiger partial charge is 0.335 e. The fourth-order valence-electron chi connectivity index (χ4n) is 3.00. The van der Waals surface area contributed by atoms with E-state index in [1.165, 1.54) is 44.1 Å². The molecule has 108 valence electrons. The number of allylic oxidation sites excluding steroid dienone is 2. The zero-order valence-electron chi connectivity index (χ0n) is 12.2. The fourth-order valence-corrected chi connectivity index (χ4v) is 3.00. The molecule has 0 amide bonds. The van der Waals surface area contributed by atoms with Crippen molar-refractivity contribution in [3.63, 3.8) is 0 Å². The molecule has 0 aromatic heterocycles. The zero-order valence-corrected chi connectivity index (χ0v) is 12.2. The normalized spacial score (nSPS) is 23.1. The van der Waals surface area contributed by atoms with E-state index < -0.39 is 5.97 Å². The van der Waals surface area contributed by atoms with E-state index in [-0.39, 0.29) is 0 Å². The molecule has 2 heteroatoms. The second kappa shape index (κ2) is 7.28. The molecule has 0 spiro atoms. The van der Waals surface area contributed by atoms with Crippen molar-refractivity contribution in [2.45, 2.75) is 51.4 Å². The summed E-state index contributed by atoms with van der Waals surface area (Å²) in [6, 6.07) is 7.43. The molecule has 0 saturated heterocycles. The maximum Gasteiger partial charge on any atom is 0.335 e. The van der Waals surface area contributed by atoms with E-state index in [0.29, 0.717) is 11.5 Å². The van der Waals surface area contributed by atoms with Crippen molar-refractivity contribution in [2.24, 2.45) is 5.92 Å². The lowest BCUT2D eigenvalue weighted by molar-refractivity contribution is 0.0697. The number of carboxylic acids is 1. The quantitative estimate of drug-likeness (QED) is 0.764. The number of benzene rings is 1. The molecule has 1 N–H and O–H groups in total. The Labute approximate surface area is 121 Å². The first-order valence-electron chi connectivity index (χ1n) is 7.70. The van der Waals surface area contributed by atoms with Crippen LogP contribution in [0.4, 0.5) is 0 Å². The van der Waals surface area contributed by atoms with Gasteiger partial charge in [-0.25, -0.2) is 4.79 Å². The molecule has 2 nitrogen and oxygen atoms in total. The van der Waals surface area contributed by atoms with Crippen molar-refractivity contribution in [3.8, 4) is 0 Å². The fraction of sp³-hybridized carbons (Fsp3) is 0.500. The van der Waals surface area contributed by atoms with E-state index in [4.69, 9.17) is 5.11 Å². The minimum absolute atomic E-state index is 0.380. The monoisotopic (exact) mass is 272 g/mol. The van der Waals surface area contributed by atoms with Gasteiger partial charge in [-0.2, -0.15) is 0 Å². The van der Waals surface area contributed by atoms with Gasteiger partial charge >= 0.3 is 5.97 Å². The first-order chi connectivity index (χ1) is 9.70. The SMILES string of the molecule is CCCC=CC1CCC(c2ccc(C(=O)O)cc2)CC1. The van der Waals surface area contributed by atoms with Crippen LogP contribution in [0.25, 0.3) is 0 Å². The average molecular weight is 272 g/mol. The Bertz CT molecular complexity index is 451. The minimum Gasteiger partial charge on any atom is -0.478 e. The molecule has 1 aromatic carbocycles. The van der Waals surface area contributed by atoms with Crippen LogP contribution in [-0.4, -0.2) is 11.1 Å². The van der Waals surface area contributed by atoms with Gasteiger partial charge in [-0.3, -0.25) is 0 Å². The van der Waals surface area contributed by atoms with E-state index in [9.17, 15) is 4.79 Å². The van der Waals surface area contributed by atoms with Gasteiger partial charge in [-0.05, 0) is 61.6 Å². The van der Waals surface area contributed by atoms with Gasteiger partial charge in [0, 0.05) is 0 Å². The van der Waals surface area contributed by atoms with Crippen LogP contribution in [0.5, 0.6) is 0 Å². The van der Waals surface area contributed by atoms with Crippen LogP contribution in [0, 0.1) is 5.92 Å². The van der Waals surface area contributed by atoms with Crippen LogP contribution >= 0.6 is 0 Å². The molecule has 1 aromatic rings. The predicted molar refractivity (Wildman–Crippen MR) is 82.1 cm³/mol. The second-order valence-electron chi connectivity index (χ2n) is 5.76. The van der Waals surface area contributed by atoms with E-state index in [1.807, 2.05) is 12.1 Å². The molecular weight excluding hydrogens is 248 g/mol. The van der Waals surface area contributed by atoms with Crippen molar-refractivity contribution >= 4 is 5.97 Å². The van der Waals surface area contributed by atoms with Gasteiger partial charge in [0.2, 0.25) is 0 Å². The van der Waals surface area contributed by atoms with E-state index in [0.717, 1.165) is 5.92 Å². The molecule has 1 saturated carbocycles. The molecular formula is C18H24O2. The van der Waals surface area contributed by atoms with Crippen LogP contribution in [-0.2, 0) is 0 Å². The maximum atomic E-state index is 10.8. The highest BCUT2D eigenvalue weighted by atomic mass is 16.4. The standard InChI is InChI=1S/C18H24O2/c1-2-3-4-5-14-6-8-15(9-7-14)16-10-12-17(13-11-16)18(19)20/h4-5,10-15H,2-3,6-9H2,1H3,(H,19,20). The summed E-state index contributed by atoms with van der Waals surface area (Å²) in [5.41, 5.74) is 1.68. The number of hydrogen-bond donors (Lipinski definition) is 1. The summed E-state index contributed by atoms with van der Waals surface area (Å²) in [7, 11) is 0. The van der Waals surface area contributed by atoms with Gasteiger partial charge in [0.15, 0.2) is 0 Å². The second-order valence-corrected chi connectivity index (χ2v) is 5.76. The van der Waals surface area contributed by atoms with Gasteiger partial charge in [-0.1, -0.05) is 37.6 Å². The average Bonchev–Trinajstić information content (AvgIpc) is 2.48. The third-order valence-corrected chi connectivity index (χ3v) is 4.26. The number of carbonyl (C=O) groups is 1. The summed E-state index contributed by atoms with van der Waals surface area (Å²) >= 11 is 0. The Balaban J connectivity index is 1.88. The van der Waals surface area contributed by atoms with E-state index >= 15 is 0 Å². The molecule has 0 radical (unpaired) electrons. The number of unbranched alkanes of at least 4 members (excludes halogenated alkanes) is 1. The van der Waals surface area contributed by atoms with Crippen molar-refractivity contribution in [1.29, 1.82) is 0 Å². The number of aromatic carboxylic acids is 1. The lowest BCUT2D eigenvalue weighted by Gasteiger charge is -2.27. The van der Waals surface area contributed by atoms with Gasteiger partial charge in [0.25, 0.3) is 0 Å². The molecule has 0 bridgehead atoms. The third-order valence-electron chi connectivity index (χ3n) is 4.26. The van der Waals surface area contributed by atoms with Gasteiger partial charge < -0.3 is 5.11 Å². The summed E-state index contributed by atoms with van der Waals surface area (Å²) in [6.07, 6.45) is 12.1. The lowest BCUT2D eigenvalue weighted by atomic mass is 9.78. The first-order valence-corrected chi connectivity index (χ1v) is 7.70. The summed E-state index contributed by atoms with van der Waals surface area (Å²) in [4.78, 5) is 10.8. The lowest BCUT2D eigenvalue weighted by Crippen LogP contribution is -2.12. The summed E-state index contributed by atoms with van der Waals surface area (Å²) in [6.45, 7) is 2.21. The van der Waals surface area contributed by atoms with Crippen molar-refractivity contribution in [2.75, 3.05) is 0 Å². The topological polar surface area (TPSA) is 37.3 Å². The molecule has 0 unspecified atom stereocenters. The molecule has 2 rings (SSSR count). The number of rotatable bonds is 5. The van der Waals surface area contributed by atoms with Gasteiger partial charge in [0.05, 0.1) is 5.56 Å². The maximum absolute atomic E-state index is 10.8. The predicted octanol–water partition coefficient (Wildman–Crippen LogP) is 5.01. The van der Waals surface area contributed by atoms with Crippen LogP contribution in [0.15, 0.2) is 36.4 Å². The van der Waals surface area contributed by atoms with E-state index in [2.05, 4.69) is 19.1 Å². The Morgan fingerprint density at radius 2 is 1.85 bits per heavy atom. The van der Waals surface area contributed by atoms with Crippen molar-refractivity contribution in [1.82, 2.24) is 0 Å². The molecule has 1 aliphatic carbocycles. The molecule has 0 atom stereocenters. The van der Waals surface area contributed by atoms with Crippen LogP contribution in [0.1, 0.15) is 67.3 Å². The Morgan fingerprint density at radius 1 is 1.20 bits per heavy atom. The van der Waals surface area contributed by atoms with Gasteiger partial charge in [0.1, 0.15) is 0 Å². The molecule has 0 aliphatic heterocycles. The van der Waals surface area contributed by atoms with Gasteiger partial charge in [-0.15, -0.1) is 0 Å². The Morgan fingerprint density at radius 3 is 2.40 bits per heavy atom. The van der Waals surface area contributed by atoms with E-state index in [1.54, 1.807) is 12.1 Å². The van der Waals surface area contributed by atoms with Crippen LogP contribution in [0.2, 0.25) is 0 Å². The Kier molecular flexibility index (Phi) is 5.40. The van der Waals surface area contributed by atoms with Crippen LogP contribution in [0.3, 0.4) is 0 Å². The molecule has 20 heavy (non-hydrogen) atoms. The number of carboxylic acid groups (broad SMARTS) is 1. The summed E-state index contributed by atoms with van der Waals surface area (Å²) in [5.74, 6) is 0.506. The highest BCUT2D eigenvalue weighted by Crippen LogP contribution is 2.36. The zero-order chi connectivity index (χ0) is 14.4.